The largest absolute Gasteiger partial charge is 0.419 e. The molecule has 148 valence electrons. The SMILES string of the molecule is Nc1ccc(C(=O)Oc2cc3ccccc3cc2OC(=O)c2ccc(N)cc2)cc1. The molecule has 0 aliphatic rings. The first-order valence-electron chi connectivity index (χ1n) is 9.18. The van der Waals surface area contributed by atoms with E-state index in [1.54, 1.807) is 60.7 Å². The summed E-state index contributed by atoms with van der Waals surface area (Å²) in [6.07, 6.45) is 0. The van der Waals surface area contributed by atoms with E-state index in [2.05, 4.69) is 0 Å². The van der Waals surface area contributed by atoms with E-state index in [0.717, 1.165) is 10.8 Å². The molecule has 0 aliphatic carbocycles. The molecule has 0 heterocycles. The third-order valence-electron chi connectivity index (χ3n) is 4.51. The molecule has 0 amide bonds. The molecule has 0 saturated carbocycles. The molecule has 4 N–H and O–H groups in total. The molecule has 0 aromatic heterocycles. The van der Waals surface area contributed by atoms with Gasteiger partial charge in [0.05, 0.1) is 11.1 Å². The third-order valence-corrected chi connectivity index (χ3v) is 4.51. The molecular weight excluding hydrogens is 380 g/mol. The Morgan fingerprint density at radius 3 is 1.30 bits per heavy atom. The first kappa shape index (κ1) is 19.0. The number of fused-ring (bicyclic) bond motifs is 1. The maximum Gasteiger partial charge on any atom is 0.343 e. The number of anilines is 2. The number of ether oxygens (including phenoxy) is 2. The van der Waals surface area contributed by atoms with Crippen LogP contribution < -0.4 is 20.9 Å². The van der Waals surface area contributed by atoms with Crippen LogP contribution >= 0.6 is 0 Å². The molecule has 30 heavy (non-hydrogen) atoms. The summed E-state index contributed by atoms with van der Waals surface area (Å²) >= 11 is 0. The minimum Gasteiger partial charge on any atom is -0.419 e. The normalized spacial score (nSPS) is 10.5. The Hall–Kier alpha value is -4.32. The number of rotatable bonds is 4. The van der Waals surface area contributed by atoms with E-state index >= 15 is 0 Å². The third kappa shape index (κ3) is 4.07. The van der Waals surface area contributed by atoms with Gasteiger partial charge in [-0.3, -0.25) is 0 Å². The van der Waals surface area contributed by atoms with Crippen molar-refractivity contribution in [3.8, 4) is 11.5 Å². The van der Waals surface area contributed by atoms with Gasteiger partial charge >= 0.3 is 11.9 Å². The van der Waals surface area contributed by atoms with Gasteiger partial charge in [-0.25, -0.2) is 9.59 Å². The molecule has 0 atom stereocenters. The fourth-order valence-corrected chi connectivity index (χ4v) is 2.91. The van der Waals surface area contributed by atoms with Crippen LogP contribution in [-0.4, -0.2) is 11.9 Å². The molecule has 0 fully saturated rings. The highest BCUT2D eigenvalue weighted by Crippen LogP contribution is 2.34. The quantitative estimate of drug-likeness (QED) is 0.299. The fraction of sp³-hybridized carbons (Fsp3) is 0. The number of benzene rings is 4. The number of carbonyl (C=O) groups is 2. The Morgan fingerprint density at radius 1 is 0.567 bits per heavy atom. The van der Waals surface area contributed by atoms with Crippen molar-refractivity contribution in [3.05, 3.63) is 96.1 Å². The van der Waals surface area contributed by atoms with Crippen molar-refractivity contribution in [1.29, 1.82) is 0 Å². The molecule has 0 bridgehead atoms. The zero-order valence-electron chi connectivity index (χ0n) is 15.9. The monoisotopic (exact) mass is 398 g/mol. The highest BCUT2D eigenvalue weighted by atomic mass is 16.6. The summed E-state index contributed by atoms with van der Waals surface area (Å²) in [6.45, 7) is 0. The fourth-order valence-electron chi connectivity index (χ4n) is 2.91. The van der Waals surface area contributed by atoms with Crippen LogP contribution in [0.2, 0.25) is 0 Å². The van der Waals surface area contributed by atoms with E-state index in [0.29, 0.717) is 22.5 Å². The van der Waals surface area contributed by atoms with Gasteiger partial charge in [-0.15, -0.1) is 0 Å². The van der Waals surface area contributed by atoms with Crippen molar-refractivity contribution in [2.24, 2.45) is 0 Å². The molecule has 6 nitrogen and oxygen atoms in total. The first-order chi connectivity index (χ1) is 14.5. The lowest BCUT2D eigenvalue weighted by Gasteiger charge is -2.12. The summed E-state index contributed by atoms with van der Waals surface area (Å²) in [5.41, 5.74) is 13.1. The summed E-state index contributed by atoms with van der Waals surface area (Å²) < 4.78 is 11.1. The number of hydrogen-bond donors (Lipinski definition) is 2. The van der Waals surface area contributed by atoms with Gasteiger partial charge in [0.1, 0.15) is 0 Å². The topological polar surface area (TPSA) is 105 Å². The van der Waals surface area contributed by atoms with Gasteiger partial charge in [-0.1, -0.05) is 24.3 Å². The Labute approximate surface area is 172 Å². The van der Waals surface area contributed by atoms with Crippen molar-refractivity contribution in [1.82, 2.24) is 0 Å². The van der Waals surface area contributed by atoms with Gasteiger partial charge in [-0.05, 0) is 71.4 Å². The highest BCUT2D eigenvalue weighted by molar-refractivity contribution is 5.95. The Balaban J connectivity index is 1.68. The smallest absolute Gasteiger partial charge is 0.343 e. The number of hydrogen-bond acceptors (Lipinski definition) is 6. The van der Waals surface area contributed by atoms with E-state index in [1.807, 2.05) is 24.3 Å². The minimum atomic E-state index is -0.588. The van der Waals surface area contributed by atoms with Crippen molar-refractivity contribution in [2.75, 3.05) is 11.5 Å². The zero-order chi connectivity index (χ0) is 21.1. The van der Waals surface area contributed by atoms with Crippen LogP contribution in [0.3, 0.4) is 0 Å². The van der Waals surface area contributed by atoms with Crippen LogP contribution in [0.5, 0.6) is 11.5 Å². The van der Waals surface area contributed by atoms with Crippen LogP contribution in [0.15, 0.2) is 84.9 Å². The van der Waals surface area contributed by atoms with Crippen molar-refractivity contribution in [3.63, 3.8) is 0 Å². The predicted octanol–water partition coefficient (Wildman–Crippen LogP) is 4.44. The summed E-state index contributed by atoms with van der Waals surface area (Å²) in [6, 6.07) is 23.5. The Bertz CT molecular complexity index is 1130. The number of nitrogen functional groups attached to an aromatic ring is 2. The van der Waals surface area contributed by atoms with Gasteiger partial charge in [0.15, 0.2) is 11.5 Å². The van der Waals surface area contributed by atoms with Crippen LogP contribution in [0, 0.1) is 0 Å². The Kier molecular flexibility index (Phi) is 5.05. The standard InChI is InChI=1S/C24H18N2O4/c25-19-9-5-15(6-10-19)23(27)29-21-13-17-3-1-2-4-18(17)14-22(21)30-24(28)16-7-11-20(26)12-8-16/h1-14H,25-26H2. The van der Waals surface area contributed by atoms with Crippen LogP contribution in [0.25, 0.3) is 10.8 Å². The molecule has 4 aromatic carbocycles. The lowest BCUT2D eigenvalue weighted by molar-refractivity contribution is 0.0683. The van der Waals surface area contributed by atoms with E-state index in [4.69, 9.17) is 20.9 Å². The average molecular weight is 398 g/mol. The lowest BCUT2D eigenvalue weighted by atomic mass is 10.1. The second kappa shape index (κ2) is 7.97. The second-order valence-corrected chi connectivity index (χ2v) is 6.67. The first-order valence-corrected chi connectivity index (χ1v) is 9.18. The number of esters is 2. The van der Waals surface area contributed by atoms with E-state index in [9.17, 15) is 9.59 Å². The average Bonchev–Trinajstić information content (AvgIpc) is 2.75. The summed E-state index contributed by atoms with van der Waals surface area (Å²) in [7, 11) is 0. The van der Waals surface area contributed by atoms with E-state index in [1.165, 1.54) is 0 Å². The molecule has 0 spiro atoms. The van der Waals surface area contributed by atoms with Crippen LogP contribution in [-0.2, 0) is 0 Å². The number of nitrogens with two attached hydrogens (primary N) is 2. The number of carbonyl (C=O) groups excluding carboxylic acids is 2. The molecule has 0 aliphatic heterocycles. The molecule has 0 radical (unpaired) electrons. The molecule has 0 unspecified atom stereocenters. The summed E-state index contributed by atoms with van der Waals surface area (Å²) in [4.78, 5) is 25.2. The van der Waals surface area contributed by atoms with E-state index in [-0.39, 0.29) is 11.5 Å². The van der Waals surface area contributed by atoms with Gasteiger partial charge in [0.25, 0.3) is 0 Å². The maximum absolute atomic E-state index is 12.6. The van der Waals surface area contributed by atoms with E-state index < -0.39 is 11.9 Å². The highest BCUT2D eigenvalue weighted by Gasteiger charge is 2.17. The summed E-state index contributed by atoms with van der Waals surface area (Å²) in [5.74, 6) is -0.899. The minimum absolute atomic E-state index is 0.138. The second-order valence-electron chi connectivity index (χ2n) is 6.67. The van der Waals surface area contributed by atoms with Crippen molar-refractivity contribution < 1.29 is 19.1 Å². The Morgan fingerprint density at radius 2 is 0.933 bits per heavy atom. The molecule has 4 aromatic rings. The van der Waals surface area contributed by atoms with Gasteiger partial charge in [0.2, 0.25) is 0 Å². The maximum atomic E-state index is 12.6. The lowest BCUT2D eigenvalue weighted by Crippen LogP contribution is -2.12. The zero-order valence-corrected chi connectivity index (χ0v) is 15.9. The predicted molar refractivity (Wildman–Crippen MR) is 116 cm³/mol. The van der Waals surface area contributed by atoms with Crippen molar-refractivity contribution in [2.45, 2.75) is 0 Å². The van der Waals surface area contributed by atoms with Gasteiger partial charge < -0.3 is 20.9 Å². The molecule has 0 saturated heterocycles. The summed E-state index contributed by atoms with van der Waals surface area (Å²) in [5, 5.41) is 1.68. The van der Waals surface area contributed by atoms with Crippen LogP contribution in [0.4, 0.5) is 11.4 Å². The van der Waals surface area contributed by atoms with Gasteiger partial charge in [0, 0.05) is 11.4 Å². The van der Waals surface area contributed by atoms with Crippen LogP contribution in [0.1, 0.15) is 20.7 Å². The molecule has 6 heteroatoms. The van der Waals surface area contributed by atoms with Gasteiger partial charge in [-0.2, -0.15) is 0 Å². The molecular formula is C24H18N2O4. The molecule has 4 rings (SSSR count). The van der Waals surface area contributed by atoms with Crippen molar-refractivity contribution >= 4 is 34.1 Å².